The highest BCUT2D eigenvalue weighted by atomic mass is 16.1. The SMILES string of the molecule is O=C(NC1CCCC1)c1cncc(NCCc2ccccc2)c1. The second kappa shape index (κ2) is 7.77. The topological polar surface area (TPSA) is 54.0 Å². The van der Waals surface area contributed by atoms with E-state index in [-0.39, 0.29) is 5.91 Å². The van der Waals surface area contributed by atoms with E-state index in [2.05, 4.69) is 27.8 Å². The van der Waals surface area contributed by atoms with E-state index in [1.165, 1.54) is 18.4 Å². The number of aromatic nitrogens is 1. The third-order valence-corrected chi connectivity index (χ3v) is 4.28. The first kappa shape index (κ1) is 15.5. The zero-order chi connectivity index (χ0) is 15.9. The van der Waals surface area contributed by atoms with Gasteiger partial charge in [0, 0.05) is 25.0 Å². The molecule has 4 nitrogen and oxygen atoms in total. The Hall–Kier alpha value is -2.36. The first-order valence-corrected chi connectivity index (χ1v) is 8.35. The summed E-state index contributed by atoms with van der Waals surface area (Å²) in [5, 5.41) is 6.44. The molecular formula is C19H23N3O. The van der Waals surface area contributed by atoms with E-state index in [9.17, 15) is 4.79 Å². The largest absolute Gasteiger partial charge is 0.383 e. The zero-order valence-electron chi connectivity index (χ0n) is 13.3. The van der Waals surface area contributed by atoms with Crippen LogP contribution in [0.1, 0.15) is 41.6 Å². The van der Waals surface area contributed by atoms with Crippen molar-refractivity contribution >= 4 is 11.6 Å². The van der Waals surface area contributed by atoms with Gasteiger partial charge in [0.25, 0.3) is 5.91 Å². The Balaban J connectivity index is 1.53. The van der Waals surface area contributed by atoms with E-state index in [0.29, 0.717) is 11.6 Å². The summed E-state index contributed by atoms with van der Waals surface area (Å²) >= 11 is 0. The average Bonchev–Trinajstić information content (AvgIpc) is 3.09. The second-order valence-electron chi connectivity index (χ2n) is 6.08. The van der Waals surface area contributed by atoms with Crippen molar-refractivity contribution < 1.29 is 4.79 Å². The molecule has 1 fully saturated rings. The van der Waals surface area contributed by atoms with Crippen LogP contribution >= 0.6 is 0 Å². The molecule has 0 aliphatic heterocycles. The number of anilines is 1. The van der Waals surface area contributed by atoms with Crippen molar-refractivity contribution in [1.82, 2.24) is 10.3 Å². The monoisotopic (exact) mass is 309 g/mol. The van der Waals surface area contributed by atoms with E-state index >= 15 is 0 Å². The molecule has 1 saturated carbocycles. The average molecular weight is 309 g/mol. The molecule has 1 heterocycles. The minimum atomic E-state index is -0.0175. The van der Waals surface area contributed by atoms with Gasteiger partial charge in [-0.1, -0.05) is 43.2 Å². The predicted molar refractivity (Wildman–Crippen MR) is 92.6 cm³/mol. The molecule has 1 aromatic carbocycles. The molecule has 3 rings (SSSR count). The number of hydrogen-bond donors (Lipinski definition) is 2. The Morgan fingerprint density at radius 3 is 2.70 bits per heavy atom. The van der Waals surface area contributed by atoms with Crippen molar-refractivity contribution in [2.45, 2.75) is 38.1 Å². The molecule has 0 unspecified atom stereocenters. The fourth-order valence-corrected chi connectivity index (χ4v) is 3.00. The Bertz CT molecular complexity index is 636. The number of amides is 1. The van der Waals surface area contributed by atoms with E-state index in [0.717, 1.165) is 31.5 Å². The second-order valence-corrected chi connectivity index (χ2v) is 6.08. The van der Waals surface area contributed by atoms with E-state index in [1.807, 2.05) is 24.3 Å². The van der Waals surface area contributed by atoms with Gasteiger partial charge in [-0.3, -0.25) is 9.78 Å². The highest BCUT2D eigenvalue weighted by molar-refractivity contribution is 5.94. The summed E-state index contributed by atoms with van der Waals surface area (Å²) in [6, 6.07) is 12.6. The Morgan fingerprint density at radius 1 is 1.13 bits per heavy atom. The lowest BCUT2D eigenvalue weighted by Gasteiger charge is -2.12. The Labute approximate surface area is 137 Å². The number of hydrogen-bond acceptors (Lipinski definition) is 3. The van der Waals surface area contributed by atoms with Gasteiger partial charge in [-0.05, 0) is 30.9 Å². The highest BCUT2D eigenvalue weighted by Gasteiger charge is 2.18. The smallest absolute Gasteiger partial charge is 0.253 e. The standard InChI is InChI=1S/C19H23N3O/c23-19(22-17-8-4-5-9-17)16-12-18(14-20-13-16)21-11-10-15-6-2-1-3-7-15/h1-3,6-7,12-14,17,21H,4-5,8-11H2,(H,22,23). The summed E-state index contributed by atoms with van der Waals surface area (Å²) in [7, 11) is 0. The maximum Gasteiger partial charge on any atom is 0.253 e. The molecule has 2 N–H and O–H groups in total. The lowest BCUT2D eigenvalue weighted by Crippen LogP contribution is -2.32. The molecule has 4 heteroatoms. The lowest BCUT2D eigenvalue weighted by atomic mass is 10.1. The molecule has 0 spiro atoms. The first-order chi connectivity index (χ1) is 11.3. The maximum atomic E-state index is 12.3. The van der Waals surface area contributed by atoms with Crippen molar-refractivity contribution in [2.75, 3.05) is 11.9 Å². The predicted octanol–water partition coefficient (Wildman–Crippen LogP) is 3.41. The molecule has 1 aromatic heterocycles. The number of carbonyl (C=O) groups is 1. The zero-order valence-corrected chi connectivity index (χ0v) is 13.3. The Kier molecular flexibility index (Phi) is 5.25. The molecule has 0 saturated heterocycles. The number of carbonyl (C=O) groups excluding carboxylic acids is 1. The summed E-state index contributed by atoms with van der Waals surface area (Å²) in [4.78, 5) is 16.5. The molecule has 1 aliphatic carbocycles. The van der Waals surface area contributed by atoms with Crippen LogP contribution in [0.15, 0.2) is 48.8 Å². The van der Waals surface area contributed by atoms with Gasteiger partial charge in [-0.25, -0.2) is 0 Å². The highest BCUT2D eigenvalue weighted by Crippen LogP contribution is 2.18. The molecule has 0 bridgehead atoms. The summed E-state index contributed by atoms with van der Waals surface area (Å²) in [5.41, 5.74) is 2.81. The summed E-state index contributed by atoms with van der Waals surface area (Å²) in [6.45, 7) is 0.819. The van der Waals surface area contributed by atoms with E-state index in [1.54, 1.807) is 12.4 Å². The summed E-state index contributed by atoms with van der Waals surface area (Å²) in [5.74, 6) is -0.0175. The van der Waals surface area contributed by atoms with Gasteiger partial charge < -0.3 is 10.6 Å². The van der Waals surface area contributed by atoms with E-state index in [4.69, 9.17) is 0 Å². The molecule has 0 radical (unpaired) electrons. The van der Waals surface area contributed by atoms with Crippen LogP contribution in [-0.2, 0) is 6.42 Å². The lowest BCUT2D eigenvalue weighted by molar-refractivity contribution is 0.0937. The number of pyridine rings is 1. The maximum absolute atomic E-state index is 12.3. The number of rotatable bonds is 6. The normalized spacial score (nSPS) is 14.6. The summed E-state index contributed by atoms with van der Waals surface area (Å²) in [6.07, 6.45) is 8.94. The fourth-order valence-electron chi connectivity index (χ4n) is 3.00. The first-order valence-electron chi connectivity index (χ1n) is 8.35. The molecule has 1 aliphatic rings. The van der Waals surface area contributed by atoms with Crippen molar-refractivity contribution in [1.29, 1.82) is 0 Å². The van der Waals surface area contributed by atoms with Crippen molar-refractivity contribution in [3.05, 3.63) is 59.9 Å². The fraction of sp³-hybridized carbons (Fsp3) is 0.368. The van der Waals surface area contributed by atoms with Gasteiger partial charge in [0.15, 0.2) is 0 Å². The van der Waals surface area contributed by atoms with Crippen LogP contribution in [0.3, 0.4) is 0 Å². The molecule has 23 heavy (non-hydrogen) atoms. The molecule has 120 valence electrons. The minimum absolute atomic E-state index is 0.0175. The van der Waals surface area contributed by atoms with Crippen molar-refractivity contribution in [3.63, 3.8) is 0 Å². The summed E-state index contributed by atoms with van der Waals surface area (Å²) < 4.78 is 0. The van der Waals surface area contributed by atoms with Crippen molar-refractivity contribution in [2.24, 2.45) is 0 Å². The molecule has 2 aromatic rings. The Morgan fingerprint density at radius 2 is 1.91 bits per heavy atom. The van der Waals surface area contributed by atoms with Gasteiger partial charge >= 0.3 is 0 Å². The molecular weight excluding hydrogens is 286 g/mol. The van der Waals surface area contributed by atoms with Crippen molar-refractivity contribution in [3.8, 4) is 0 Å². The quantitative estimate of drug-likeness (QED) is 0.860. The van der Waals surface area contributed by atoms with Crippen LogP contribution in [0.2, 0.25) is 0 Å². The minimum Gasteiger partial charge on any atom is -0.383 e. The van der Waals surface area contributed by atoms with Crippen LogP contribution in [0, 0.1) is 0 Å². The van der Waals surface area contributed by atoms with Crippen LogP contribution in [0.4, 0.5) is 5.69 Å². The third-order valence-electron chi connectivity index (χ3n) is 4.28. The van der Waals surface area contributed by atoms with Crippen LogP contribution in [0.5, 0.6) is 0 Å². The number of benzene rings is 1. The van der Waals surface area contributed by atoms with Gasteiger partial charge in [0.2, 0.25) is 0 Å². The van der Waals surface area contributed by atoms with Crippen LogP contribution < -0.4 is 10.6 Å². The van der Waals surface area contributed by atoms with E-state index < -0.39 is 0 Å². The third kappa shape index (κ3) is 4.55. The number of nitrogens with zero attached hydrogens (tertiary/aromatic N) is 1. The van der Waals surface area contributed by atoms with Gasteiger partial charge in [-0.2, -0.15) is 0 Å². The molecule has 1 amide bonds. The van der Waals surface area contributed by atoms with Crippen LogP contribution in [-0.4, -0.2) is 23.5 Å². The van der Waals surface area contributed by atoms with Gasteiger partial charge in [-0.15, -0.1) is 0 Å². The van der Waals surface area contributed by atoms with Gasteiger partial charge in [0.1, 0.15) is 0 Å². The van der Waals surface area contributed by atoms with Gasteiger partial charge in [0.05, 0.1) is 11.3 Å². The number of nitrogens with one attached hydrogen (secondary N) is 2. The van der Waals surface area contributed by atoms with Crippen LogP contribution in [0.25, 0.3) is 0 Å². The molecule has 0 atom stereocenters.